The molecule has 17 heterocycles. The van der Waals surface area contributed by atoms with Gasteiger partial charge in [0, 0.05) is 192 Å². The zero-order chi connectivity index (χ0) is 59.8. The van der Waals surface area contributed by atoms with Gasteiger partial charge in [-0.1, -0.05) is 24.3 Å². The predicted octanol–water partition coefficient (Wildman–Crippen LogP) is 6.07. The van der Waals surface area contributed by atoms with Crippen molar-refractivity contribution in [2.45, 2.75) is 318 Å². The van der Waals surface area contributed by atoms with Crippen molar-refractivity contribution in [2.75, 3.05) is 0 Å². The SMILES string of the molecule is C1=CC2C(CC3C=C4CC5=CC6C(N5)C(C5CCC7CCC8CCC(NC8C7N5)C2C3N4)C2CC3CC4CC5C(N4)C(C4CCC7CCC8CCC(NC8C7N4)C6C2N3)C2CC3CC4CC6CC7NC=CC7C(C7CCC8CCC9CCC(NC9C8N7)C5C2N3)C6N4)N1. The fourth-order valence-electron chi connectivity index (χ4n) is 32.7. The van der Waals surface area contributed by atoms with E-state index in [9.17, 15) is 0 Å². The Bertz CT molecular complexity index is 3080. The van der Waals surface area contributed by atoms with Crippen LogP contribution in [-0.2, 0) is 0 Å². The maximum absolute atomic E-state index is 4.93. The summed E-state index contributed by atoms with van der Waals surface area (Å²) in [7, 11) is 0. The Hall–Kier alpha value is -2.24. The lowest BCUT2D eigenvalue weighted by atomic mass is 9.55. The lowest BCUT2D eigenvalue weighted by molar-refractivity contribution is -0.0299. The summed E-state index contributed by atoms with van der Waals surface area (Å²) in [5, 5.41) is 65.2. The molecule has 0 aromatic rings. The van der Waals surface area contributed by atoms with E-state index in [0.717, 1.165) is 53.8 Å². The first kappa shape index (κ1) is 56.5. The van der Waals surface area contributed by atoms with E-state index in [-0.39, 0.29) is 0 Å². The molecule has 14 nitrogen and oxygen atoms in total. The molecule has 17 aliphatic heterocycles. The Morgan fingerprint density at radius 1 is 0.247 bits per heavy atom. The fourth-order valence-corrected chi connectivity index (χ4v) is 32.7. The molecule has 44 atom stereocenters. The van der Waals surface area contributed by atoms with Crippen LogP contribution in [0.25, 0.3) is 0 Å². The standard InChI is InChI=1S/C79H118N14/c1-3-36-9-15-58-66-52-32-46-29-47-33-53-67-59-16-10-37-4-2-35-8-14-55(89-71(35)73(37)91-59)63-49-20-22-81-61(49)26-41-24-43(83-69(41)63)28-45-31-51(77(67)85-45)65(79(53)87-47)57-18-12-39-6-5-38-11-17-56(92-74(38)75(39)93-57)64(78(52)86-46)50-30-44(84-76(50)66)27-42-23-40-25-60-48(19-21-80-60)62(68(40)82-42)54-13-7-34(1)70(88-54)72(36)90-58/h19-23,30,34-41,43,45-93H,1-18,24-29,31-33H2. The van der Waals surface area contributed by atoms with E-state index in [4.69, 9.17) is 42.5 Å². The van der Waals surface area contributed by atoms with E-state index in [1.54, 1.807) is 5.70 Å². The van der Waals surface area contributed by atoms with Crippen LogP contribution in [0.2, 0.25) is 0 Å². The highest BCUT2D eigenvalue weighted by molar-refractivity contribution is 5.33. The minimum absolute atomic E-state index is 0.498. The second-order valence-electron chi connectivity index (χ2n) is 38.8. The fraction of sp³-hybridized carbons (Fsp3) is 0.899. The first-order valence-corrected chi connectivity index (χ1v) is 41.3. The van der Waals surface area contributed by atoms with Crippen LogP contribution in [0.15, 0.2) is 48.1 Å². The van der Waals surface area contributed by atoms with Crippen LogP contribution in [0.3, 0.4) is 0 Å². The molecule has 7 aliphatic carbocycles. The molecule has 93 heavy (non-hydrogen) atoms. The van der Waals surface area contributed by atoms with Gasteiger partial charge < -0.3 is 74.4 Å². The minimum Gasteiger partial charge on any atom is -0.388 e. The average molecular weight is 1260 g/mol. The Morgan fingerprint density at radius 3 is 1.08 bits per heavy atom. The van der Waals surface area contributed by atoms with Gasteiger partial charge in [-0.15, -0.1) is 0 Å². The molecule has 0 aromatic carbocycles. The van der Waals surface area contributed by atoms with Gasteiger partial charge in [-0.2, -0.15) is 0 Å². The van der Waals surface area contributed by atoms with Crippen molar-refractivity contribution in [1.29, 1.82) is 0 Å². The summed E-state index contributed by atoms with van der Waals surface area (Å²) in [6, 6.07) is 14.1. The molecule has 24 rings (SSSR count). The van der Waals surface area contributed by atoms with Crippen molar-refractivity contribution in [3.63, 3.8) is 0 Å². The van der Waals surface area contributed by atoms with Crippen LogP contribution in [0, 0.1) is 118 Å². The first-order valence-electron chi connectivity index (χ1n) is 41.3. The molecule has 0 aromatic heterocycles. The molecule has 14 N–H and O–H groups in total. The van der Waals surface area contributed by atoms with Crippen molar-refractivity contribution >= 4 is 0 Å². The molecule has 24 aliphatic rings. The average Bonchev–Trinajstić information content (AvgIpc) is 1.62. The molecule has 44 unspecified atom stereocenters. The zero-order valence-corrected chi connectivity index (χ0v) is 56.0. The van der Waals surface area contributed by atoms with E-state index in [2.05, 4.69) is 68.6 Å². The molecule has 20 fully saturated rings. The van der Waals surface area contributed by atoms with E-state index >= 15 is 0 Å². The van der Waals surface area contributed by atoms with Crippen molar-refractivity contribution in [1.82, 2.24) is 74.4 Å². The first-order chi connectivity index (χ1) is 45.9. The summed E-state index contributed by atoms with van der Waals surface area (Å²) >= 11 is 0. The Balaban J connectivity index is 0.600. The second kappa shape index (κ2) is 21.2. The van der Waals surface area contributed by atoms with Gasteiger partial charge >= 0.3 is 0 Å². The Morgan fingerprint density at radius 2 is 0.602 bits per heavy atom. The van der Waals surface area contributed by atoms with E-state index in [0.29, 0.717) is 216 Å². The lowest BCUT2D eigenvalue weighted by Gasteiger charge is -2.59. The van der Waals surface area contributed by atoms with Gasteiger partial charge in [0.1, 0.15) is 0 Å². The van der Waals surface area contributed by atoms with Gasteiger partial charge in [0.15, 0.2) is 0 Å². The molecule has 13 saturated heterocycles. The quantitative estimate of drug-likeness (QED) is 0.135. The normalized spacial score (nSPS) is 63.1. The molecule has 24 bridgehead atoms. The summed E-state index contributed by atoms with van der Waals surface area (Å²) in [6.07, 6.45) is 53.0. The van der Waals surface area contributed by atoms with Gasteiger partial charge in [-0.25, -0.2) is 0 Å². The third-order valence-electron chi connectivity index (χ3n) is 35.6. The van der Waals surface area contributed by atoms with Crippen LogP contribution < -0.4 is 74.4 Å². The summed E-state index contributed by atoms with van der Waals surface area (Å²) < 4.78 is 0. The van der Waals surface area contributed by atoms with Crippen LogP contribution >= 0.6 is 0 Å². The minimum atomic E-state index is 0.498. The maximum atomic E-state index is 4.93. The van der Waals surface area contributed by atoms with Crippen LogP contribution in [0.5, 0.6) is 0 Å². The highest BCUT2D eigenvalue weighted by Crippen LogP contribution is 2.60. The summed E-state index contributed by atoms with van der Waals surface area (Å²) in [4.78, 5) is 0. The molecule has 504 valence electrons. The number of nitrogens with one attached hydrogen (secondary N) is 14. The molecule has 14 heteroatoms. The van der Waals surface area contributed by atoms with E-state index < -0.39 is 0 Å². The van der Waals surface area contributed by atoms with Gasteiger partial charge in [-0.3, -0.25) is 0 Å². The zero-order valence-electron chi connectivity index (χ0n) is 56.0. The van der Waals surface area contributed by atoms with E-state index in [1.807, 2.05) is 0 Å². The van der Waals surface area contributed by atoms with Crippen LogP contribution in [0.1, 0.15) is 173 Å². The summed E-state index contributed by atoms with van der Waals surface area (Å²) in [5.74, 6) is 14.1. The monoisotopic (exact) mass is 1260 g/mol. The summed E-state index contributed by atoms with van der Waals surface area (Å²) in [6.45, 7) is 0. The number of piperidine rings is 6. The third-order valence-corrected chi connectivity index (χ3v) is 35.6. The van der Waals surface area contributed by atoms with Gasteiger partial charge in [0.2, 0.25) is 0 Å². The molecule has 0 spiro atoms. The van der Waals surface area contributed by atoms with Crippen molar-refractivity contribution in [3.8, 4) is 0 Å². The molecule has 0 radical (unpaired) electrons. The molecule has 0 amide bonds. The number of rotatable bonds is 0. The Kier molecular flexibility index (Phi) is 12.9. The van der Waals surface area contributed by atoms with Crippen molar-refractivity contribution in [2.24, 2.45) is 118 Å². The van der Waals surface area contributed by atoms with Gasteiger partial charge in [0.25, 0.3) is 0 Å². The Labute approximate surface area is 556 Å². The molecular formula is C79H118N14. The predicted molar refractivity (Wildman–Crippen MR) is 364 cm³/mol. The topological polar surface area (TPSA) is 168 Å². The van der Waals surface area contributed by atoms with Crippen molar-refractivity contribution in [3.05, 3.63) is 48.1 Å². The lowest BCUT2D eigenvalue weighted by Crippen LogP contribution is -2.73. The molecule has 7 saturated carbocycles. The molecular weight excluding hydrogens is 1140 g/mol. The van der Waals surface area contributed by atoms with Gasteiger partial charge in [-0.05, 0) is 268 Å². The van der Waals surface area contributed by atoms with Crippen LogP contribution in [-0.4, -0.2) is 145 Å². The number of hydrogen-bond acceptors (Lipinski definition) is 14. The highest BCUT2D eigenvalue weighted by Gasteiger charge is 2.67. The van der Waals surface area contributed by atoms with Gasteiger partial charge in [0.05, 0.1) is 0 Å². The highest BCUT2D eigenvalue weighted by atomic mass is 15.2. The van der Waals surface area contributed by atoms with Crippen molar-refractivity contribution < 1.29 is 0 Å². The second-order valence-corrected chi connectivity index (χ2v) is 38.8. The maximum Gasteiger partial charge on any atom is 0.0371 e. The number of hydrogen-bond donors (Lipinski definition) is 14. The van der Waals surface area contributed by atoms with Crippen LogP contribution in [0.4, 0.5) is 0 Å². The smallest absolute Gasteiger partial charge is 0.0371 e. The summed E-state index contributed by atoms with van der Waals surface area (Å²) in [5.41, 5.74) is 3.10. The van der Waals surface area contributed by atoms with E-state index in [1.165, 1.54) is 173 Å². The largest absolute Gasteiger partial charge is 0.388 e. The number of fused-ring (bicyclic) bond motifs is 26. The third kappa shape index (κ3) is 8.41.